The Hall–Kier alpha value is -3.04. The lowest BCUT2D eigenvalue weighted by atomic mass is 10.1. The molecule has 1 atom stereocenters. The Morgan fingerprint density at radius 2 is 2.14 bits per heavy atom. The number of imidazole rings is 1. The number of nitrogens with one attached hydrogen (secondary N) is 1. The number of carbonyl (C=O) groups is 1. The SMILES string of the molecule is CCNC(=O)c1ccc(-n2cc(C(O)c3c(C4CC4)sc4cncn34)nn2)cc1. The molecule has 0 radical (unpaired) electrons. The summed E-state index contributed by atoms with van der Waals surface area (Å²) in [5.41, 5.74) is 2.67. The molecule has 1 aliphatic carbocycles. The molecule has 5 rings (SSSR count). The van der Waals surface area contributed by atoms with Crippen molar-refractivity contribution < 1.29 is 9.90 Å². The summed E-state index contributed by atoms with van der Waals surface area (Å²) < 4.78 is 3.55. The molecule has 1 amide bonds. The first kappa shape index (κ1) is 18.0. The first-order valence-corrected chi connectivity index (χ1v) is 10.4. The smallest absolute Gasteiger partial charge is 0.251 e. The van der Waals surface area contributed by atoms with Crippen LogP contribution in [0.15, 0.2) is 43.0 Å². The third-order valence-electron chi connectivity index (χ3n) is 5.06. The molecule has 0 aliphatic heterocycles. The molecule has 1 saturated carbocycles. The maximum Gasteiger partial charge on any atom is 0.251 e. The topological polar surface area (TPSA) is 97.3 Å². The lowest BCUT2D eigenvalue weighted by Gasteiger charge is -2.09. The summed E-state index contributed by atoms with van der Waals surface area (Å²) in [7, 11) is 0. The van der Waals surface area contributed by atoms with Crippen LogP contribution in [0.4, 0.5) is 0 Å². The van der Waals surface area contributed by atoms with E-state index >= 15 is 0 Å². The van der Waals surface area contributed by atoms with Crippen molar-refractivity contribution >= 4 is 22.1 Å². The number of fused-ring (bicyclic) bond motifs is 1. The number of rotatable bonds is 6. The van der Waals surface area contributed by atoms with Gasteiger partial charge in [0.2, 0.25) is 0 Å². The Balaban J connectivity index is 1.44. The van der Waals surface area contributed by atoms with Crippen molar-refractivity contribution in [1.29, 1.82) is 0 Å². The zero-order valence-electron chi connectivity index (χ0n) is 15.8. The van der Waals surface area contributed by atoms with Crippen LogP contribution in [0.1, 0.15) is 58.4 Å². The third kappa shape index (κ3) is 3.22. The zero-order valence-corrected chi connectivity index (χ0v) is 16.6. The first-order chi connectivity index (χ1) is 14.2. The van der Waals surface area contributed by atoms with Gasteiger partial charge in [-0.25, -0.2) is 9.67 Å². The molecule has 8 nitrogen and oxygen atoms in total. The monoisotopic (exact) mass is 408 g/mol. The second kappa shape index (κ2) is 7.09. The second-order valence-corrected chi connectivity index (χ2v) is 8.19. The average molecular weight is 408 g/mol. The molecule has 0 bridgehead atoms. The van der Waals surface area contributed by atoms with E-state index in [0.29, 0.717) is 23.7 Å². The fraction of sp³-hybridized carbons (Fsp3) is 0.300. The van der Waals surface area contributed by atoms with Gasteiger partial charge < -0.3 is 10.4 Å². The van der Waals surface area contributed by atoms with E-state index in [1.165, 1.54) is 4.88 Å². The normalized spacial score (nSPS) is 15.0. The van der Waals surface area contributed by atoms with Gasteiger partial charge >= 0.3 is 0 Å². The van der Waals surface area contributed by atoms with Crippen LogP contribution in [-0.2, 0) is 0 Å². The highest BCUT2D eigenvalue weighted by Gasteiger charge is 2.33. The van der Waals surface area contributed by atoms with Crippen LogP contribution < -0.4 is 5.32 Å². The van der Waals surface area contributed by atoms with Gasteiger partial charge in [-0.15, -0.1) is 16.4 Å². The Kier molecular flexibility index (Phi) is 4.40. The molecule has 1 fully saturated rings. The van der Waals surface area contributed by atoms with E-state index in [9.17, 15) is 9.90 Å². The van der Waals surface area contributed by atoms with Gasteiger partial charge in [-0.2, -0.15) is 0 Å². The van der Waals surface area contributed by atoms with E-state index < -0.39 is 6.10 Å². The summed E-state index contributed by atoms with van der Waals surface area (Å²) in [4.78, 5) is 18.3. The van der Waals surface area contributed by atoms with E-state index in [2.05, 4.69) is 20.6 Å². The van der Waals surface area contributed by atoms with Gasteiger partial charge in [0.15, 0.2) is 0 Å². The first-order valence-electron chi connectivity index (χ1n) is 9.59. The number of hydrogen-bond donors (Lipinski definition) is 2. The van der Waals surface area contributed by atoms with Crippen molar-refractivity contribution in [2.75, 3.05) is 6.54 Å². The number of thiazole rings is 1. The van der Waals surface area contributed by atoms with E-state index in [1.54, 1.807) is 40.7 Å². The minimum atomic E-state index is -0.878. The van der Waals surface area contributed by atoms with Crippen molar-refractivity contribution in [3.63, 3.8) is 0 Å². The van der Waals surface area contributed by atoms with Gasteiger partial charge in [0.25, 0.3) is 5.91 Å². The highest BCUT2D eigenvalue weighted by molar-refractivity contribution is 7.17. The second-order valence-electron chi connectivity index (χ2n) is 7.12. The van der Waals surface area contributed by atoms with Gasteiger partial charge in [-0.05, 0) is 49.9 Å². The van der Waals surface area contributed by atoms with E-state index in [0.717, 1.165) is 29.1 Å². The molecule has 1 unspecified atom stereocenters. The predicted molar refractivity (Wildman–Crippen MR) is 108 cm³/mol. The van der Waals surface area contributed by atoms with Crippen molar-refractivity contribution in [3.8, 4) is 5.69 Å². The Morgan fingerprint density at radius 1 is 1.34 bits per heavy atom. The highest BCUT2D eigenvalue weighted by Crippen LogP contribution is 2.47. The molecule has 1 aromatic carbocycles. The van der Waals surface area contributed by atoms with Crippen LogP contribution in [0, 0.1) is 0 Å². The number of aliphatic hydroxyl groups excluding tert-OH is 1. The van der Waals surface area contributed by atoms with Crippen LogP contribution in [0.5, 0.6) is 0 Å². The molecular weight excluding hydrogens is 388 g/mol. The molecule has 1 aliphatic rings. The number of amides is 1. The number of aliphatic hydroxyl groups is 1. The molecular formula is C20H20N6O2S. The van der Waals surface area contributed by atoms with Crippen LogP contribution in [0.2, 0.25) is 0 Å². The summed E-state index contributed by atoms with van der Waals surface area (Å²) >= 11 is 1.68. The molecule has 9 heteroatoms. The quantitative estimate of drug-likeness (QED) is 0.511. The summed E-state index contributed by atoms with van der Waals surface area (Å²) in [6, 6.07) is 7.11. The maximum atomic E-state index is 11.9. The number of hydrogen-bond acceptors (Lipinski definition) is 6. The minimum Gasteiger partial charge on any atom is -0.380 e. The largest absolute Gasteiger partial charge is 0.380 e. The van der Waals surface area contributed by atoms with Gasteiger partial charge in [0.05, 0.1) is 23.8 Å². The molecule has 0 saturated heterocycles. The predicted octanol–water partition coefficient (Wildman–Crippen LogP) is 2.69. The lowest BCUT2D eigenvalue weighted by molar-refractivity contribution is 0.0956. The Labute approximate surface area is 170 Å². The number of aromatic nitrogens is 5. The zero-order chi connectivity index (χ0) is 20.0. The molecule has 4 aromatic rings. The van der Waals surface area contributed by atoms with Crippen molar-refractivity contribution in [1.82, 2.24) is 29.7 Å². The van der Waals surface area contributed by atoms with Gasteiger partial charge in [0.1, 0.15) is 23.0 Å². The molecule has 29 heavy (non-hydrogen) atoms. The summed E-state index contributed by atoms with van der Waals surface area (Å²) in [5.74, 6) is 0.407. The van der Waals surface area contributed by atoms with E-state index in [-0.39, 0.29) is 5.91 Å². The Morgan fingerprint density at radius 3 is 2.86 bits per heavy atom. The molecule has 148 valence electrons. The van der Waals surface area contributed by atoms with Crippen LogP contribution in [0.25, 0.3) is 10.5 Å². The number of benzene rings is 1. The summed E-state index contributed by atoms with van der Waals surface area (Å²) in [6.07, 6.45) is 6.71. The third-order valence-corrected chi connectivity index (χ3v) is 6.33. The maximum absolute atomic E-state index is 11.9. The fourth-order valence-corrected chi connectivity index (χ4v) is 4.72. The average Bonchev–Trinajstić information content (AvgIpc) is 3.14. The summed E-state index contributed by atoms with van der Waals surface area (Å²) in [6.45, 7) is 2.47. The highest BCUT2D eigenvalue weighted by atomic mass is 32.1. The molecule has 3 heterocycles. The van der Waals surface area contributed by atoms with Crippen LogP contribution in [-0.4, -0.2) is 41.9 Å². The molecule has 2 N–H and O–H groups in total. The standard InChI is InChI=1S/C20H20N6O2S/c1-2-22-20(28)13-5-7-14(8-6-13)26-10-15(23-24-26)18(27)17-19(12-3-4-12)29-16-9-21-11-25(16)17/h5-12,18,27H,2-4H2,1H3,(H,22,28). The minimum absolute atomic E-state index is 0.108. The van der Waals surface area contributed by atoms with Crippen molar-refractivity contribution in [3.05, 3.63) is 64.8 Å². The fourth-order valence-electron chi connectivity index (χ4n) is 3.42. The number of nitrogens with zero attached hydrogens (tertiary/aromatic N) is 5. The van der Waals surface area contributed by atoms with Gasteiger partial charge in [-0.1, -0.05) is 5.21 Å². The Bertz CT molecular complexity index is 1170. The molecule has 3 aromatic heterocycles. The van der Waals surface area contributed by atoms with Crippen LogP contribution in [0.3, 0.4) is 0 Å². The van der Waals surface area contributed by atoms with Gasteiger partial charge in [-0.3, -0.25) is 9.20 Å². The van der Waals surface area contributed by atoms with Crippen LogP contribution >= 0.6 is 11.3 Å². The van der Waals surface area contributed by atoms with Crippen molar-refractivity contribution in [2.24, 2.45) is 0 Å². The van der Waals surface area contributed by atoms with E-state index in [4.69, 9.17) is 0 Å². The van der Waals surface area contributed by atoms with Gasteiger partial charge in [0, 0.05) is 17.0 Å². The van der Waals surface area contributed by atoms with Crippen molar-refractivity contribution in [2.45, 2.75) is 31.8 Å². The van der Waals surface area contributed by atoms with E-state index in [1.807, 2.05) is 29.7 Å². The summed E-state index contributed by atoms with van der Waals surface area (Å²) in [5, 5.41) is 22.2. The molecule has 0 spiro atoms. The number of carbonyl (C=O) groups excluding carboxylic acids is 1. The lowest BCUT2D eigenvalue weighted by Crippen LogP contribution is -2.22.